The van der Waals surface area contributed by atoms with Crippen LogP contribution in [-0.2, 0) is 7.05 Å². The molecule has 2 rings (SSSR count). The summed E-state index contributed by atoms with van der Waals surface area (Å²) in [6, 6.07) is 8.10. The minimum atomic E-state index is -0.852. The van der Waals surface area contributed by atoms with Crippen LogP contribution in [0.5, 0.6) is 5.75 Å². The number of rotatable bonds is 4. The molecule has 106 valence electrons. The third kappa shape index (κ3) is 3.00. The Hall–Kier alpha value is -2.27. The number of aromatic nitrogens is 1. The number of nitrogens with one attached hydrogen (secondary N) is 1. The van der Waals surface area contributed by atoms with Gasteiger partial charge in [-0.25, -0.2) is 0 Å². The van der Waals surface area contributed by atoms with Crippen LogP contribution < -0.4 is 5.32 Å². The number of phenolic OH excluding ortho intramolecular Hbond substituents is 1. The van der Waals surface area contributed by atoms with Crippen molar-refractivity contribution in [3.63, 3.8) is 0 Å². The molecule has 0 aliphatic rings. The molecule has 0 saturated carbocycles. The van der Waals surface area contributed by atoms with Crippen LogP contribution in [0.2, 0.25) is 0 Å². The van der Waals surface area contributed by atoms with Gasteiger partial charge in [-0.3, -0.25) is 4.79 Å². The Balaban J connectivity index is 1.98. The van der Waals surface area contributed by atoms with Crippen LogP contribution >= 0.6 is 0 Å². The molecule has 2 aromatic rings. The quantitative estimate of drug-likeness (QED) is 0.791. The number of amides is 1. The Bertz CT molecular complexity index is 619. The van der Waals surface area contributed by atoms with Gasteiger partial charge in [-0.1, -0.05) is 12.1 Å². The number of aliphatic hydroxyl groups excluding tert-OH is 1. The topological polar surface area (TPSA) is 74.5 Å². The van der Waals surface area contributed by atoms with Gasteiger partial charge in [-0.15, -0.1) is 0 Å². The number of aliphatic hydroxyl groups is 1. The van der Waals surface area contributed by atoms with Gasteiger partial charge in [0.15, 0.2) is 0 Å². The van der Waals surface area contributed by atoms with E-state index in [2.05, 4.69) is 5.32 Å². The number of nitrogens with zero attached hydrogens (tertiary/aromatic N) is 1. The van der Waals surface area contributed by atoms with Gasteiger partial charge in [0.05, 0.1) is 11.7 Å². The maximum Gasteiger partial charge on any atom is 0.253 e. The monoisotopic (exact) mass is 274 g/mol. The first-order valence-electron chi connectivity index (χ1n) is 6.36. The van der Waals surface area contributed by atoms with E-state index in [1.165, 1.54) is 12.1 Å². The van der Waals surface area contributed by atoms with Gasteiger partial charge in [0.25, 0.3) is 5.91 Å². The van der Waals surface area contributed by atoms with Crippen LogP contribution in [0.4, 0.5) is 0 Å². The van der Waals surface area contributed by atoms with Gasteiger partial charge in [-0.05, 0) is 30.7 Å². The minimum Gasteiger partial charge on any atom is -0.508 e. The van der Waals surface area contributed by atoms with E-state index in [1.807, 2.05) is 24.7 Å². The summed E-state index contributed by atoms with van der Waals surface area (Å²) in [6.45, 7) is 1.96. The standard InChI is InChI=1S/C15H18N2O3/c1-10-13(6-7-17(10)2)15(20)16-9-14(19)11-4-3-5-12(18)8-11/h3-8,14,18-19H,9H2,1-2H3,(H,16,20)/t14-/m1/s1. The Morgan fingerprint density at radius 1 is 1.40 bits per heavy atom. The fourth-order valence-electron chi connectivity index (χ4n) is 1.98. The van der Waals surface area contributed by atoms with Gasteiger partial charge >= 0.3 is 0 Å². The minimum absolute atomic E-state index is 0.0896. The number of phenols is 1. The summed E-state index contributed by atoms with van der Waals surface area (Å²) < 4.78 is 1.86. The Labute approximate surface area is 117 Å². The molecule has 1 aromatic carbocycles. The summed E-state index contributed by atoms with van der Waals surface area (Å²) in [5, 5.41) is 22.0. The molecular formula is C15H18N2O3. The van der Waals surface area contributed by atoms with Crippen molar-refractivity contribution in [2.75, 3.05) is 6.54 Å². The third-order valence-electron chi connectivity index (χ3n) is 3.34. The highest BCUT2D eigenvalue weighted by Gasteiger charge is 2.14. The summed E-state index contributed by atoms with van der Waals surface area (Å²) in [5.41, 5.74) is 2.03. The molecule has 3 N–H and O–H groups in total. The summed E-state index contributed by atoms with van der Waals surface area (Å²) in [5.74, 6) is -0.130. The lowest BCUT2D eigenvalue weighted by molar-refractivity contribution is 0.0915. The highest BCUT2D eigenvalue weighted by molar-refractivity contribution is 5.95. The van der Waals surface area contributed by atoms with Crippen molar-refractivity contribution in [2.45, 2.75) is 13.0 Å². The number of aromatic hydroxyl groups is 1. The van der Waals surface area contributed by atoms with Gasteiger partial charge < -0.3 is 20.1 Å². The van der Waals surface area contributed by atoms with E-state index in [0.717, 1.165) is 5.69 Å². The number of hydrogen-bond acceptors (Lipinski definition) is 3. The summed E-state index contributed by atoms with van der Waals surface area (Å²) in [4.78, 5) is 12.0. The van der Waals surface area contributed by atoms with E-state index in [-0.39, 0.29) is 18.2 Å². The summed E-state index contributed by atoms with van der Waals surface area (Å²) >= 11 is 0. The van der Waals surface area contributed by atoms with E-state index < -0.39 is 6.10 Å². The van der Waals surface area contributed by atoms with Crippen molar-refractivity contribution in [3.8, 4) is 5.75 Å². The van der Waals surface area contributed by atoms with Crippen LogP contribution in [0.15, 0.2) is 36.5 Å². The van der Waals surface area contributed by atoms with E-state index >= 15 is 0 Å². The Kier molecular flexibility index (Phi) is 4.10. The Morgan fingerprint density at radius 3 is 2.75 bits per heavy atom. The Morgan fingerprint density at radius 2 is 2.15 bits per heavy atom. The van der Waals surface area contributed by atoms with Gasteiger partial charge in [0, 0.05) is 25.5 Å². The van der Waals surface area contributed by atoms with Crippen molar-refractivity contribution >= 4 is 5.91 Å². The zero-order valence-corrected chi connectivity index (χ0v) is 11.5. The van der Waals surface area contributed by atoms with E-state index in [1.54, 1.807) is 18.2 Å². The average molecular weight is 274 g/mol. The van der Waals surface area contributed by atoms with E-state index in [4.69, 9.17) is 0 Å². The number of benzene rings is 1. The van der Waals surface area contributed by atoms with Crippen molar-refractivity contribution < 1.29 is 15.0 Å². The molecule has 0 bridgehead atoms. The molecule has 20 heavy (non-hydrogen) atoms. The van der Waals surface area contributed by atoms with E-state index in [9.17, 15) is 15.0 Å². The van der Waals surface area contributed by atoms with Crippen LogP contribution in [-0.4, -0.2) is 27.2 Å². The molecule has 0 saturated heterocycles. The summed E-state index contributed by atoms with van der Waals surface area (Å²) in [6.07, 6.45) is 0.964. The lowest BCUT2D eigenvalue weighted by Crippen LogP contribution is -2.28. The molecule has 0 aliphatic carbocycles. The SMILES string of the molecule is Cc1c(C(=O)NC[C@@H](O)c2cccc(O)c2)ccn1C. The largest absolute Gasteiger partial charge is 0.508 e. The number of hydrogen-bond donors (Lipinski definition) is 3. The molecule has 1 aromatic heterocycles. The van der Waals surface area contributed by atoms with Gasteiger partial charge in [-0.2, -0.15) is 0 Å². The van der Waals surface area contributed by atoms with Crippen molar-refractivity contribution in [2.24, 2.45) is 7.05 Å². The van der Waals surface area contributed by atoms with Crippen molar-refractivity contribution in [3.05, 3.63) is 53.3 Å². The molecule has 0 unspecified atom stereocenters. The fourth-order valence-corrected chi connectivity index (χ4v) is 1.98. The zero-order valence-electron chi connectivity index (χ0n) is 11.5. The van der Waals surface area contributed by atoms with Crippen molar-refractivity contribution in [1.82, 2.24) is 9.88 Å². The van der Waals surface area contributed by atoms with Crippen LogP contribution in [0, 0.1) is 6.92 Å². The van der Waals surface area contributed by atoms with Crippen LogP contribution in [0.25, 0.3) is 0 Å². The molecule has 0 spiro atoms. The molecular weight excluding hydrogens is 256 g/mol. The normalized spacial score (nSPS) is 12.2. The van der Waals surface area contributed by atoms with Crippen LogP contribution in [0.1, 0.15) is 27.7 Å². The predicted molar refractivity (Wildman–Crippen MR) is 75.5 cm³/mol. The highest BCUT2D eigenvalue weighted by Crippen LogP contribution is 2.17. The summed E-state index contributed by atoms with van der Waals surface area (Å²) in [7, 11) is 1.87. The first-order valence-corrected chi connectivity index (χ1v) is 6.36. The average Bonchev–Trinajstić information content (AvgIpc) is 2.76. The van der Waals surface area contributed by atoms with E-state index in [0.29, 0.717) is 11.1 Å². The maximum absolute atomic E-state index is 12.0. The van der Waals surface area contributed by atoms with Crippen molar-refractivity contribution in [1.29, 1.82) is 0 Å². The lowest BCUT2D eigenvalue weighted by Gasteiger charge is -2.12. The first kappa shape index (κ1) is 14.1. The molecule has 1 atom stereocenters. The molecule has 5 nitrogen and oxygen atoms in total. The molecule has 0 fully saturated rings. The lowest BCUT2D eigenvalue weighted by atomic mass is 10.1. The second kappa shape index (κ2) is 5.79. The third-order valence-corrected chi connectivity index (χ3v) is 3.34. The first-order chi connectivity index (χ1) is 9.49. The number of carbonyl (C=O) groups is 1. The number of carbonyl (C=O) groups excluding carboxylic acids is 1. The number of aryl methyl sites for hydroxylation is 1. The maximum atomic E-state index is 12.0. The second-order valence-corrected chi connectivity index (χ2v) is 4.75. The second-order valence-electron chi connectivity index (χ2n) is 4.75. The molecule has 5 heteroatoms. The fraction of sp³-hybridized carbons (Fsp3) is 0.267. The van der Waals surface area contributed by atoms with Gasteiger partial charge in [0.1, 0.15) is 5.75 Å². The molecule has 1 heterocycles. The smallest absolute Gasteiger partial charge is 0.253 e. The zero-order chi connectivity index (χ0) is 14.7. The predicted octanol–water partition coefficient (Wildman–Crippen LogP) is 1.50. The molecule has 0 radical (unpaired) electrons. The van der Waals surface area contributed by atoms with Gasteiger partial charge in [0.2, 0.25) is 0 Å². The van der Waals surface area contributed by atoms with Crippen LogP contribution in [0.3, 0.4) is 0 Å². The molecule has 0 aliphatic heterocycles. The highest BCUT2D eigenvalue weighted by atomic mass is 16.3. The molecule has 1 amide bonds.